The molecule has 0 aliphatic carbocycles. The van der Waals surface area contributed by atoms with Gasteiger partial charge in [0.2, 0.25) is 0 Å². The number of benzene rings is 2. The molecule has 0 saturated heterocycles. The van der Waals surface area contributed by atoms with Gasteiger partial charge in [-0.3, -0.25) is 4.79 Å². The Morgan fingerprint density at radius 3 is 2.54 bits per heavy atom. The molecule has 0 saturated carbocycles. The average Bonchev–Trinajstić information content (AvgIpc) is 2.55. The highest BCUT2D eigenvalue weighted by Crippen LogP contribution is 2.30. The molecule has 0 aliphatic heterocycles. The molecule has 24 heavy (non-hydrogen) atoms. The smallest absolute Gasteiger partial charge is 0.257 e. The number of aromatic amines is 1. The molecule has 0 radical (unpaired) electrons. The Bertz CT molecular complexity index is 947. The van der Waals surface area contributed by atoms with E-state index in [1.54, 1.807) is 6.07 Å². The summed E-state index contributed by atoms with van der Waals surface area (Å²) in [7, 11) is 0. The first-order chi connectivity index (χ1) is 11.4. The van der Waals surface area contributed by atoms with E-state index in [1.807, 2.05) is 42.5 Å². The van der Waals surface area contributed by atoms with E-state index >= 15 is 0 Å². The Labute approximate surface area is 150 Å². The minimum Gasteiger partial charge on any atom is -0.371 e. The van der Waals surface area contributed by atoms with Crippen molar-refractivity contribution in [1.29, 1.82) is 0 Å². The fourth-order valence-corrected chi connectivity index (χ4v) is 2.94. The van der Waals surface area contributed by atoms with Gasteiger partial charge in [0.1, 0.15) is 5.82 Å². The lowest BCUT2D eigenvalue weighted by molar-refractivity contribution is 0.556. The van der Waals surface area contributed by atoms with Crippen LogP contribution in [0.2, 0.25) is 10.0 Å². The van der Waals surface area contributed by atoms with Crippen LogP contribution in [0.15, 0.2) is 53.3 Å². The van der Waals surface area contributed by atoms with Crippen LogP contribution in [-0.2, 0) is 5.41 Å². The topological polar surface area (TPSA) is 44.9 Å². The quantitative estimate of drug-likeness (QED) is 0.669. The van der Waals surface area contributed by atoms with E-state index in [1.165, 1.54) is 0 Å². The lowest BCUT2D eigenvalue weighted by Gasteiger charge is -2.26. The predicted molar refractivity (Wildman–Crippen MR) is 103 cm³/mol. The third-order valence-corrected chi connectivity index (χ3v) is 4.91. The van der Waals surface area contributed by atoms with Gasteiger partial charge < -0.3 is 10.3 Å². The number of anilines is 1. The molecule has 124 valence electrons. The molecule has 0 aliphatic rings. The zero-order valence-electron chi connectivity index (χ0n) is 13.5. The Balaban J connectivity index is 1.84. The van der Waals surface area contributed by atoms with E-state index in [-0.39, 0.29) is 11.0 Å². The summed E-state index contributed by atoms with van der Waals surface area (Å²) in [5.41, 5.74) is 0.798. The van der Waals surface area contributed by atoms with E-state index in [9.17, 15) is 4.79 Å². The number of fused-ring (bicyclic) bond motifs is 1. The van der Waals surface area contributed by atoms with Gasteiger partial charge in [0.05, 0.1) is 10.0 Å². The fraction of sp³-hybridized carbons (Fsp3) is 0.211. The monoisotopic (exact) mass is 360 g/mol. The highest BCUT2D eigenvalue weighted by Gasteiger charge is 2.21. The van der Waals surface area contributed by atoms with Crippen LogP contribution in [0, 0.1) is 0 Å². The number of rotatable bonds is 4. The summed E-state index contributed by atoms with van der Waals surface area (Å²) in [5.74, 6) is 0.701. The Morgan fingerprint density at radius 2 is 1.79 bits per heavy atom. The van der Waals surface area contributed by atoms with Gasteiger partial charge >= 0.3 is 0 Å². The molecule has 0 unspecified atom stereocenters. The second kappa shape index (κ2) is 6.50. The predicted octanol–water partition coefficient (Wildman–Crippen LogP) is 5.22. The van der Waals surface area contributed by atoms with Gasteiger partial charge in [-0.2, -0.15) is 0 Å². The van der Waals surface area contributed by atoms with Gasteiger partial charge in [0.15, 0.2) is 0 Å². The van der Waals surface area contributed by atoms with Crippen molar-refractivity contribution in [3.05, 3.63) is 74.5 Å². The molecule has 1 aromatic heterocycles. The van der Waals surface area contributed by atoms with Crippen LogP contribution in [0.3, 0.4) is 0 Å². The number of H-pyrrole nitrogens is 1. The van der Waals surface area contributed by atoms with Crippen LogP contribution in [0.4, 0.5) is 5.82 Å². The number of hydrogen-bond donors (Lipinski definition) is 2. The minimum atomic E-state index is -0.184. The lowest BCUT2D eigenvalue weighted by Crippen LogP contribution is -2.28. The molecule has 1 heterocycles. The normalized spacial score (nSPS) is 11.7. The number of nitrogens with one attached hydrogen (secondary N) is 2. The number of halogens is 2. The number of aromatic nitrogens is 1. The molecule has 0 bridgehead atoms. The second-order valence-corrected chi connectivity index (χ2v) is 7.28. The summed E-state index contributed by atoms with van der Waals surface area (Å²) in [6.07, 6.45) is 0. The summed E-state index contributed by atoms with van der Waals surface area (Å²) in [4.78, 5) is 15.0. The molecule has 2 aromatic carbocycles. The van der Waals surface area contributed by atoms with Crippen molar-refractivity contribution in [2.24, 2.45) is 0 Å². The van der Waals surface area contributed by atoms with Crippen molar-refractivity contribution in [3.8, 4) is 0 Å². The van der Waals surface area contributed by atoms with Crippen molar-refractivity contribution < 1.29 is 0 Å². The zero-order chi connectivity index (χ0) is 17.3. The third-order valence-electron chi connectivity index (χ3n) is 4.18. The third kappa shape index (κ3) is 3.42. The first kappa shape index (κ1) is 16.9. The molecular formula is C19H18Cl2N2O. The largest absolute Gasteiger partial charge is 0.371 e. The lowest BCUT2D eigenvalue weighted by atomic mass is 9.84. The molecular weight excluding hydrogens is 343 g/mol. The van der Waals surface area contributed by atoms with Gasteiger partial charge in [-0.05, 0) is 35.2 Å². The van der Waals surface area contributed by atoms with Crippen molar-refractivity contribution >= 4 is 39.8 Å². The van der Waals surface area contributed by atoms with Crippen molar-refractivity contribution in [2.45, 2.75) is 19.3 Å². The van der Waals surface area contributed by atoms with Crippen molar-refractivity contribution in [1.82, 2.24) is 4.98 Å². The first-order valence-corrected chi connectivity index (χ1v) is 8.44. The number of pyridine rings is 1. The van der Waals surface area contributed by atoms with Gasteiger partial charge in [-0.15, -0.1) is 0 Å². The molecule has 0 spiro atoms. The Kier molecular flexibility index (Phi) is 4.57. The molecule has 0 fully saturated rings. The van der Waals surface area contributed by atoms with Crippen LogP contribution >= 0.6 is 23.2 Å². The molecule has 5 heteroatoms. The zero-order valence-corrected chi connectivity index (χ0v) is 15.0. The molecule has 0 atom stereocenters. The van der Waals surface area contributed by atoms with Crippen molar-refractivity contribution in [3.63, 3.8) is 0 Å². The van der Waals surface area contributed by atoms with E-state index in [0.717, 1.165) is 10.9 Å². The maximum Gasteiger partial charge on any atom is 0.257 e. The average molecular weight is 361 g/mol. The Hall–Kier alpha value is -1.97. The van der Waals surface area contributed by atoms with Gasteiger partial charge in [0.25, 0.3) is 5.56 Å². The molecule has 3 nitrogen and oxygen atoms in total. The molecule has 0 amide bonds. The molecule has 2 N–H and O–H groups in total. The van der Waals surface area contributed by atoms with Gasteiger partial charge in [-0.1, -0.05) is 61.3 Å². The van der Waals surface area contributed by atoms with Crippen molar-refractivity contribution in [2.75, 3.05) is 11.9 Å². The maximum atomic E-state index is 12.1. The van der Waals surface area contributed by atoms with Crippen LogP contribution in [0.1, 0.15) is 19.4 Å². The van der Waals surface area contributed by atoms with Crippen LogP contribution < -0.4 is 10.9 Å². The standard InChI is InChI=1S/C19H18Cl2N2O/c1-19(2,13-7-8-15(20)16(21)10-13)11-22-17-9-12-5-3-4-6-14(12)18(24)23-17/h3-10H,11H2,1-2H3,(H2,22,23,24). The van der Waals surface area contributed by atoms with Crippen LogP contribution in [-0.4, -0.2) is 11.5 Å². The minimum absolute atomic E-state index is 0.0945. The number of hydrogen-bond acceptors (Lipinski definition) is 2. The van der Waals surface area contributed by atoms with Gasteiger partial charge in [0, 0.05) is 17.3 Å². The highest BCUT2D eigenvalue weighted by molar-refractivity contribution is 6.42. The second-order valence-electron chi connectivity index (χ2n) is 6.47. The maximum absolute atomic E-state index is 12.1. The Morgan fingerprint density at radius 1 is 1.04 bits per heavy atom. The van der Waals surface area contributed by atoms with E-state index in [4.69, 9.17) is 23.2 Å². The summed E-state index contributed by atoms with van der Waals surface area (Å²) in [6, 6.07) is 15.1. The SMILES string of the molecule is CC(C)(CNc1cc2ccccc2c(=O)[nH]1)c1ccc(Cl)c(Cl)c1. The van der Waals surface area contributed by atoms with Crippen LogP contribution in [0.25, 0.3) is 10.8 Å². The molecule has 3 rings (SSSR count). The van der Waals surface area contributed by atoms with Crippen LogP contribution in [0.5, 0.6) is 0 Å². The van der Waals surface area contributed by atoms with Gasteiger partial charge in [-0.25, -0.2) is 0 Å². The molecule has 3 aromatic rings. The van der Waals surface area contributed by atoms with E-state index < -0.39 is 0 Å². The highest BCUT2D eigenvalue weighted by atomic mass is 35.5. The summed E-state index contributed by atoms with van der Waals surface area (Å²) in [5, 5.41) is 6.01. The summed E-state index contributed by atoms with van der Waals surface area (Å²) >= 11 is 12.1. The summed E-state index contributed by atoms with van der Waals surface area (Å²) in [6.45, 7) is 4.86. The first-order valence-electron chi connectivity index (χ1n) is 7.68. The van der Waals surface area contributed by atoms with E-state index in [2.05, 4.69) is 24.1 Å². The van der Waals surface area contributed by atoms with E-state index in [0.29, 0.717) is 27.8 Å². The summed E-state index contributed by atoms with van der Waals surface area (Å²) < 4.78 is 0. The fourth-order valence-electron chi connectivity index (χ4n) is 2.64.